The van der Waals surface area contributed by atoms with E-state index in [9.17, 15) is 9.59 Å². The lowest BCUT2D eigenvalue weighted by molar-refractivity contribution is -0.128. The molecule has 5 heteroatoms. The second kappa shape index (κ2) is 5.53. The van der Waals surface area contributed by atoms with E-state index in [0.29, 0.717) is 0 Å². The summed E-state index contributed by atoms with van der Waals surface area (Å²) in [7, 11) is 0. The zero-order chi connectivity index (χ0) is 10.4. The molecule has 76 valence electrons. The number of hydrazine groups is 2. The molecule has 0 bridgehead atoms. The average Bonchev–Trinajstić information content (AvgIpc) is 2.03. The Kier molecular flexibility index (Phi) is 5.06. The molecule has 0 atom stereocenters. The molecule has 0 aromatic rings. The van der Waals surface area contributed by atoms with Crippen LogP contribution in [0, 0.1) is 11.8 Å². The van der Waals surface area contributed by atoms with Gasteiger partial charge in [0.1, 0.15) is 0 Å². The van der Waals surface area contributed by atoms with Gasteiger partial charge in [-0.2, -0.15) is 0 Å². The van der Waals surface area contributed by atoms with Crippen LogP contribution in [0.1, 0.15) is 27.7 Å². The molecule has 0 radical (unpaired) electrons. The van der Waals surface area contributed by atoms with Crippen molar-refractivity contribution in [3.05, 3.63) is 0 Å². The van der Waals surface area contributed by atoms with E-state index in [-0.39, 0.29) is 23.7 Å². The van der Waals surface area contributed by atoms with Gasteiger partial charge in [-0.25, -0.2) is 0 Å². The van der Waals surface area contributed by atoms with Crippen molar-refractivity contribution in [2.24, 2.45) is 11.8 Å². The summed E-state index contributed by atoms with van der Waals surface area (Å²) in [5.74, 6) is -0.542. The average molecular weight is 187 g/mol. The highest BCUT2D eigenvalue weighted by atomic mass is 16.2. The quantitative estimate of drug-likeness (QED) is 0.540. The van der Waals surface area contributed by atoms with Gasteiger partial charge >= 0.3 is 0 Å². The predicted molar refractivity (Wildman–Crippen MR) is 49.1 cm³/mol. The molecule has 0 aliphatic carbocycles. The summed E-state index contributed by atoms with van der Waals surface area (Å²) in [6.07, 6.45) is 0. The van der Waals surface area contributed by atoms with Crippen LogP contribution in [0.15, 0.2) is 0 Å². The summed E-state index contributed by atoms with van der Waals surface area (Å²) in [4.78, 5) is 21.9. The normalized spacial score (nSPS) is 10.3. The first-order valence-corrected chi connectivity index (χ1v) is 4.29. The van der Waals surface area contributed by atoms with Gasteiger partial charge in [-0.3, -0.25) is 20.4 Å². The van der Waals surface area contributed by atoms with Crippen molar-refractivity contribution in [2.75, 3.05) is 0 Å². The maximum absolute atomic E-state index is 11.0. The van der Waals surface area contributed by atoms with E-state index in [0.717, 1.165) is 0 Å². The van der Waals surface area contributed by atoms with Gasteiger partial charge in [-0.15, -0.1) is 5.53 Å². The molecule has 0 rings (SSSR count). The minimum atomic E-state index is -0.163. The summed E-state index contributed by atoms with van der Waals surface area (Å²) in [6.45, 7) is 7.06. The van der Waals surface area contributed by atoms with E-state index in [2.05, 4.69) is 16.4 Å². The molecule has 0 fully saturated rings. The predicted octanol–water partition coefficient (Wildman–Crippen LogP) is -0.0496. The molecule has 0 heterocycles. The van der Waals surface area contributed by atoms with Gasteiger partial charge in [-0.05, 0) is 0 Å². The van der Waals surface area contributed by atoms with Crippen LogP contribution in [-0.4, -0.2) is 11.8 Å². The Balaban J connectivity index is 3.57. The molecule has 0 aromatic carbocycles. The number of carbonyl (C=O) groups excluding carboxylic acids is 2. The second-order valence-corrected chi connectivity index (χ2v) is 3.41. The maximum atomic E-state index is 11.0. The molecule has 0 saturated carbocycles. The van der Waals surface area contributed by atoms with Crippen LogP contribution < -0.4 is 16.4 Å². The lowest BCUT2D eigenvalue weighted by atomic mass is 10.2. The zero-order valence-corrected chi connectivity index (χ0v) is 8.47. The van der Waals surface area contributed by atoms with Gasteiger partial charge in [0.15, 0.2) is 0 Å². The van der Waals surface area contributed by atoms with Crippen molar-refractivity contribution in [2.45, 2.75) is 27.7 Å². The van der Waals surface area contributed by atoms with Gasteiger partial charge in [0.2, 0.25) is 11.8 Å². The third-order valence-corrected chi connectivity index (χ3v) is 1.42. The topological polar surface area (TPSA) is 70.2 Å². The number of nitrogens with one attached hydrogen (secondary N) is 3. The molecule has 0 aliphatic rings. The number of carbonyl (C=O) groups is 2. The highest BCUT2D eigenvalue weighted by Gasteiger charge is 2.07. The number of rotatable bonds is 4. The van der Waals surface area contributed by atoms with Gasteiger partial charge in [-0.1, -0.05) is 27.7 Å². The van der Waals surface area contributed by atoms with Crippen LogP contribution in [-0.2, 0) is 9.59 Å². The molecule has 13 heavy (non-hydrogen) atoms. The number of hydrogen-bond donors (Lipinski definition) is 3. The summed E-state index contributed by atoms with van der Waals surface area (Å²) >= 11 is 0. The molecule has 0 unspecified atom stereocenters. The van der Waals surface area contributed by atoms with Gasteiger partial charge < -0.3 is 0 Å². The zero-order valence-electron chi connectivity index (χ0n) is 8.47. The van der Waals surface area contributed by atoms with E-state index in [1.165, 1.54) is 0 Å². The molecule has 0 spiro atoms. The summed E-state index contributed by atoms with van der Waals surface area (Å²) in [6, 6.07) is 0. The van der Waals surface area contributed by atoms with E-state index < -0.39 is 0 Å². The molecule has 3 N–H and O–H groups in total. The van der Waals surface area contributed by atoms with Crippen LogP contribution in [0.2, 0.25) is 0 Å². The molecular formula is C8H17N3O2. The summed E-state index contributed by atoms with van der Waals surface area (Å²) in [5, 5.41) is 0. The molecule has 2 amide bonds. The Morgan fingerprint density at radius 3 is 1.38 bits per heavy atom. The first-order chi connectivity index (χ1) is 5.95. The lowest BCUT2D eigenvalue weighted by Gasteiger charge is -2.11. The Morgan fingerprint density at radius 2 is 1.15 bits per heavy atom. The molecule has 0 saturated heterocycles. The summed E-state index contributed by atoms with van der Waals surface area (Å²) < 4.78 is 0. The van der Waals surface area contributed by atoms with Crippen LogP contribution >= 0.6 is 0 Å². The SMILES string of the molecule is CC(C)C(=O)NNNC(=O)C(C)C. The van der Waals surface area contributed by atoms with E-state index >= 15 is 0 Å². The van der Waals surface area contributed by atoms with Crippen molar-refractivity contribution in [3.63, 3.8) is 0 Å². The fraction of sp³-hybridized carbons (Fsp3) is 0.750. The number of hydrogen-bond acceptors (Lipinski definition) is 3. The highest BCUT2D eigenvalue weighted by molar-refractivity contribution is 5.79. The Labute approximate surface area is 78.2 Å². The van der Waals surface area contributed by atoms with Crippen molar-refractivity contribution in [1.82, 2.24) is 16.4 Å². The van der Waals surface area contributed by atoms with E-state index in [1.54, 1.807) is 27.7 Å². The van der Waals surface area contributed by atoms with Gasteiger partial charge in [0, 0.05) is 11.8 Å². The number of amides is 2. The minimum Gasteiger partial charge on any atom is -0.273 e. The third kappa shape index (κ3) is 5.19. The first kappa shape index (κ1) is 11.9. The van der Waals surface area contributed by atoms with Crippen LogP contribution in [0.5, 0.6) is 0 Å². The fourth-order valence-electron chi connectivity index (χ4n) is 0.443. The van der Waals surface area contributed by atoms with Crippen molar-refractivity contribution < 1.29 is 9.59 Å². The lowest BCUT2D eigenvalue weighted by Crippen LogP contribution is -2.51. The maximum Gasteiger partial charge on any atom is 0.238 e. The van der Waals surface area contributed by atoms with Crippen molar-refractivity contribution >= 4 is 11.8 Å². The van der Waals surface area contributed by atoms with E-state index in [1.807, 2.05) is 0 Å². The minimum absolute atomic E-state index is 0.108. The van der Waals surface area contributed by atoms with E-state index in [4.69, 9.17) is 0 Å². The van der Waals surface area contributed by atoms with Gasteiger partial charge in [0.05, 0.1) is 0 Å². The Bertz CT molecular complexity index is 170. The smallest absolute Gasteiger partial charge is 0.238 e. The third-order valence-electron chi connectivity index (χ3n) is 1.42. The standard InChI is InChI=1S/C8H17N3O2/c1-5(2)7(12)9-11-10-8(13)6(3)4/h5-6,11H,1-4H3,(H,9,12)(H,10,13). The fourth-order valence-corrected chi connectivity index (χ4v) is 0.443. The molecular weight excluding hydrogens is 170 g/mol. The highest BCUT2D eigenvalue weighted by Crippen LogP contribution is 1.89. The monoisotopic (exact) mass is 187 g/mol. The molecule has 0 aliphatic heterocycles. The first-order valence-electron chi connectivity index (χ1n) is 4.29. The van der Waals surface area contributed by atoms with Crippen LogP contribution in [0.3, 0.4) is 0 Å². The molecule has 0 aromatic heterocycles. The van der Waals surface area contributed by atoms with Crippen LogP contribution in [0.4, 0.5) is 0 Å². The second-order valence-electron chi connectivity index (χ2n) is 3.41. The largest absolute Gasteiger partial charge is 0.273 e. The Morgan fingerprint density at radius 1 is 0.846 bits per heavy atom. The van der Waals surface area contributed by atoms with Gasteiger partial charge in [0.25, 0.3) is 0 Å². The Hall–Kier alpha value is -1.10. The van der Waals surface area contributed by atoms with Crippen molar-refractivity contribution in [3.8, 4) is 0 Å². The van der Waals surface area contributed by atoms with Crippen molar-refractivity contribution in [1.29, 1.82) is 0 Å². The summed E-state index contributed by atoms with van der Waals surface area (Å²) in [5.41, 5.74) is 7.04. The van der Waals surface area contributed by atoms with Crippen LogP contribution in [0.25, 0.3) is 0 Å². The molecule has 5 nitrogen and oxygen atoms in total.